The summed E-state index contributed by atoms with van der Waals surface area (Å²) in [5, 5.41) is 7.85. The molecule has 3 nitrogen and oxygen atoms in total. The molecule has 0 atom stereocenters. The third kappa shape index (κ3) is 5.50. The molecule has 0 aromatic carbocycles. The van der Waals surface area contributed by atoms with Crippen molar-refractivity contribution in [3.63, 3.8) is 0 Å². The zero-order chi connectivity index (χ0) is 11.1. The minimum atomic E-state index is 0.615. The lowest BCUT2D eigenvalue weighted by atomic mass is 10.1. The van der Waals surface area contributed by atoms with Crippen molar-refractivity contribution in [2.24, 2.45) is 0 Å². The quantitative estimate of drug-likeness (QED) is 0.668. The van der Waals surface area contributed by atoms with Crippen LogP contribution < -0.4 is 10.6 Å². The molecule has 0 aromatic rings. The average molecular weight is 212 g/mol. The highest BCUT2D eigenvalue weighted by molar-refractivity contribution is 4.75. The maximum Gasteiger partial charge on any atom is 0.0148 e. The fourth-order valence-corrected chi connectivity index (χ4v) is 2.08. The molecule has 1 fully saturated rings. The van der Waals surface area contributed by atoms with Gasteiger partial charge in [-0.2, -0.15) is 0 Å². The molecule has 1 heterocycles. The van der Waals surface area contributed by atoms with Gasteiger partial charge in [0.15, 0.2) is 0 Å². The van der Waals surface area contributed by atoms with Crippen LogP contribution in [0.4, 0.5) is 0 Å². The summed E-state index contributed by atoms with van der Waals surface area (Å²) < 4.78 is 0. The molecule has 1 N–H and O–H groups in total. The summed E-state index contributed by atoms with van der Waals surface area (Å²) in [6.45, 7) is 8.89. The van der Waals surface area contributed by atoms with Crippen LogP contribution in [-0.4, -0.2) is 50.2 Å². The van der Waals surface area contributed by atoms with Gasteiger partial charge in [0.2, 0.25) is 0 Å². The van der Waals surface area contributed by atoms with Crippen molar-refractivity contribution in [1.29, 1.82) is 0 Å². The summed E-state index contributed by atoms with van der Waals surface area (Å²) in [6, 6.07) is 1.39. The Bertz CT molecular complexity index is 153. The van der Waals surface area contributed by atoms with Crippen molar-refractivity contribution in [2.75, 3.05) is 33.2 Å². The van der Waals surface area contributed by atoms with Crippen molar-refractivity contribution in [2.45, 2.75) is 45.2 Å². The van der Waals surface area contributed by atoms with E-state index in [1.807, 2.05) is 0 Å². The Hall–Kier alpha value is -0.120. The molecule has 0 unspecified atom stereocenters. The standard InChI is InChI=1S/C12H26N3/c1-11(2)14-7-4-10-15(3)12-5-8-13-9-6-12/h11-12,14H,4-10H2,1-3H3. The summed E-state index contributed by atoms with van der Waals surface area (Å²) in [5.74, 6) is 0. The second-order valence-electron chi connectivity index (χ2n) is 4.84. The Labute approximate surface area is 94.6 Å². The minimum Gasteiger partial charge on any atom is -0.314 e. The van der Waals surface area contributed by atoms with E-state index in [9.17, 15) is 0 Å². The first kappa shape index (κ1) is 12.9. The second kappa shape index (κ2) is 7.20. The third-order valence-electron chi connectivity index (χ3n) is 3.10. The van der Waals surface area contributed by atoms with E-state index in [1.165, 1.54) is 25.8 Å². The lowest BCUT2D eigenvalue weighted by Gasteiger charge is -2.31. The molecule has 0 aromatic heterocycles. The highest BCUT2D eigenvalue weighted by Gasteiger charge is 2.17. The first-order chi connectivity index (χ1) is 7.20. The lowest BCUT2D eigenvalue weighted by Crippen LogP contribution is -2.40. The fourth-order valence-electron chi connectivity index (χ4n) is 2.08. The smallest absolute Gasteiger partial charge is 0.0148 e. The monoisotopic (exact) mass is 212 g/mol. The van der Waals surface area contributed by atoms with Gasteiger partial charge in [-0.3, -0.25) is 0 Å². The van der Waals surface area contributed by atoms with Gasteiger partial charge in [0.05, 0.1) is 0 Å². The van der Waals surface area contributed by atoms with Crippen LogP contribution in [-0.2, 0) is 0 Å². The molecular weight excluding hydrogens is 186 g/mol. The maximum atomic E-state index is 4.39. The molecule has 1 rings (SSSR count). The van der Waals surface area contributed by atoms with E-state index in [-0.39, 0.29) is 0 Å². The molecule has 1 aliphatic heterocycles. The van der Waals surface area contributed by atoms with E-state index in [0.29, 0.717) is 6.04 Å². The normalized spacial score (nSPS) is 19.0. The molecule has 1 saturated heterocycles. The zero-order valence-electron chi connectivity index (χ0n) is 10.5. The Kier molecular flexibility index (Phi) is 6.22. The van der Waals surface area contributed by atoms with Crippen molar-refractivity contribution >= 4 is 0 Å². The van der Waals surface area contributed by atoms with Gasteiger partial charge in [-0.25, -0.2) is 5.32 Å². The van der Waals surface area contributed by atoms with Crippen LogP contribution in [0.1, 0.15) is 33.1 Å². The maximum absolute atomic E-state index is 4.39. The summed E-state index contributed by atoms with van der Waals surface area (Å²) in [6.07, 6.45) is 3.77. The number of hydrogen-bond donors (Lipinski definition) is 1. The van der Waals surface area contributed by atoms with Crippen molar-refractivity contribution < 1.29 is 0 Å². The van der Waals surface area contributed by atoms with E-state index in [1.54, 1.807) is 0 Å². The van der Waals surface area contributed by atoms with Gasteiger partial charge in [0, 0.05) is 25.2 Å². The van der Waals surface area contributed by atoms with E-state index < -0.39 is 0 Å². The highest BCUT2D eigenvalue weighted by atomic mass is 15.1. The fraction of sp³-hybridized carbons (Fsp3) is 1.00. The van der Waals surface area contributed by atoms with Crippen LogP contribution in [0.3, 0.4) is 0 Å². The second-order valence-corrected chi connectivity index (χ2v) is 4.84. The summed E-state index contributed by atoms with van der Waals surface area (Å²) >= 11 is 0. The van der Waals surface area contributed by atoms with Crippen LogP contribution in [0.15, 0.2) is 0 Å². The Morgan fingerprint density at radius 2 is 2.00 bits per heavy atom. The summed E-state index contributed by atoms with van der Waals surface area (Å²) in [7, 11) is 2.26. The molecule has 89 valence electrons. The Morgan fingerprint density at radius 1 is 1.33 bits per heavy atom. The molecule has 1 aliphatic rings. The molecule has 0 aliphatic carbocycles. The van der Waals surface area contributed by atoms with Crippen LogP contribution in [0, 0.1) is 0 Å². The van der Waals surface area contributed by atoms with Gasteiger partial charge in [-0.15, -0.1) is 0 Å². The third-order valence-corrected chi connectivity index (χ3v) is 3.10. The molecule has 1 radical (unpaired) electrons. The predicted octanol–water partition coefficient (Wildman–Crippen LogP) is 1.07. The minimum absolute atomic E-state index is 0.615. The first-order valence-corrected chi connectivity index (χ1v) is 6.27. The van der Waals surface area contributed by atoms with Gasteiger partial charge in [0.1, 0.15) is 0 Å². The number of nitrogens with one attached hydrogen (secondary N) is 1. The van der Waals surface area contributed by atoms with Gasteiger partial charge in [-0.1, -0.05) is 13.8 Å². The Balaban J connectivity index is 2.04. The van der Waals surface area contributed by atoms with Crippen molar-refractivity contribution in [1.82, 2.24) is 15.5 Å². The van der Waals surface area contributed by atoms with Crippen molar-refractivity contribution in [3.05, 3.63) is 0 Å². The average Bonchev–Trinajstić information content (AvgIpc) is 2.25. The van der Waals surface area contributed by atoms with Crippen LogP contribution >= 0.6 is 0 Å². The Morgan fingerprint density at radius 3 is 2.60 bits per heavy atom. The molecule has 0 amide bonds. The molecule has 3 heteroatoms. The van der Waals surface area contributed by atoms with Gasteiger partial charge >= 0.3 is 0 Å². The van der Waals surface area contributed by atoms with Crippen LogP contribution in [0.2, 0.25) is 0 Å². The van der Waals surface area contributed by atoms with Gasteiger partial charge in [-0.05, 0) is 39.4 Å². The topological polar surface area (TPSA) is 29.4 Å². The molecule has 0 bridgehead atoms. The van der Waals surface area contributed by atoms with Gasteiger partial charge in [0.25, 0.3) is 0 Å². The highest BCUT2D eigenvalue weighted by Crippen LogP contribution is 2.10. The van der Waals surface area contributed by atoms with E-state index >= 15 is 0 Å². The number of rotatable bonds is 6. The van der Waals surface area contributed by atoms with E-state index in [0.717, 1.165) is 25.7 Å². The lowest BCUT2D eigenvalue weighted by molar-refractivity contribution is 0.195. The van der Waals surface area contributed by atoms with E-state index in [2.05, 4.69) is 36.4 Å². The van der Waals surface area contributed by atoms with Crippen LogP contribution in [0.5, 0.6) is 0 Å². The molecule has 0 spiro atoms. The zero-order valence-corrected chi connectivity index (χ0v) is 10.5. The summed E-state index contributed by atoms with van der Waals surface area (Å²) in [4.78, 5) is 2.51. The van der Waals surface area contributed by atoms with E-state index in [4.69, 9.17) is 0 Å². The summed E-state index contributed by atoms with van der Waals surface area (Å²) in [5.41, 5.74) is 0. The first-order valence-electron chi connectivity index (χ1n) is 6.27. The molecular formula is C12H26N3. The number of hydrogen-bond acceptors (Lipinski definition) is 2. The number of piperidine rings is 1. The SMILES string of the molecule is CC(C)NCCCN(C)C1CC[N]CC1. The van der Waals surface area contributed by atoms with Crippen molar-refractivity contribution in [3.8, 4) is 0 Å². The van der Waals surface area contributed by atoms with Gasteiger partial charge < -0.3 is 10.2 Å². The number of nitrogens with zero attached hydrogens (tertiary/aromatic N) is 2. The predicted molar refractivity (Wildman–Crippen MR) is 65.3 cm³/mol. The molecule has 15 heavy (non-hydrogen) atoms. The molecule has 0 saturated carbocycles. The van der Waals surface area contributed by atoms with Crippen LogP contribution in [0.25, 0.3) is 0 Å². The largest absolute Gasteiger partial charge is 0.314 e.